The molecule has 14 rings (SSSR count). The number of para-hydroxylation sites is 2. The molecule has 0 saturated carbocycles. The highest BCUT2D eigenvalue weighted by Gasteiger charge is 2.27. The van der Waals surface area contributed by atoms with E-state index in [9.17, 15) is 0 Å². The van der Waals surface area contributed by atoms with Crippen molar-refractivity contribution < 1.29 is 4.42 Å². The first-order chi connectivity index (χ1) is 36.0. The topological polar surface area (TPSA) is 48.8 Å². The second-order valence-electron chi connectivity index (χ2n) is 19.1. The van der Waals surface area contributed by atoms with Crippen LogP contribution in [0.5, 0.6) is 0 Å². The molecule has 4 aromatic heterocycles. The summed E-state index contributed by atoms with van der Waals surface area (Å²) in [7, 11) is 0. The van der Waals surface area contributed by atoms with Crippen molar-refractivity contribution in [2.24, 2.45) is 0 Å². The van der Waals surface area contributed by atoms with Crippen LogP contribution in [0.2, 0.25) is 0 Å². The number of fused-ring (bicyclic) bond motifs is 7. The molecule has 0 N–H and O–H groups in total. The molecule has 0 bridgehead atoms. The van der Waals surface area contributed by atoms with E-state index < -0.39 is 0 Å². The molecular weight excluding hydrogens is 889 g/mol. The predicted octanol–water partition coefficient (Wildman–Crippen LogP) is 18.0. The summed E-state index contributed by atoms with van der Waals surface area (Å²) in [6.45, 7) is 4.16. The van der Waals surface area contributed by atoms with E-state index in [0.717, 1.165) is 116 Å². The minimum atomic E-state index is 0.536. The summed E-state index contributed by atoms with van der Waals surface area (Å²) in [6, 6.07) is 87.5. The minimum absolute atomic E-state index is 0.536. The summed E-state index contributed by atoms with van der Waals surface area (Å²) in [5.41, 5.74) is 21.9. The van der Waals surface area contributed by atoms with E-state index in [0.29, 0.717) is 5.89 Å². The number of pyridine rings is 1. The van der Waals surface area contributed by atoms with Crippen LogP contribution < -0.4 is 0 Å². The largest absolute Gasteiger partial charge is 0.436 e. The summed E-state index contributed by atoms with van der Waals surface area (Å²) in [5, 5.41) is 4.61. The van der Waals surface area contributed by atoms with E-state index in [1.54, 1.807) is 0 Å². The van der Waals surface area contributed by atoms with Gasteiger partial charge in [0.2, 0.25) is 5.89 Å². The average molecular weight is 935 g/mol. The van der Waals surface area contributed by atoms with Crippen molar-refractivity contribution in [1.82, 2.24) is 19.1 Å². The van der Waals surface area contributed by atoms with Gasteiger partial charge in [-0.3, -0.25) is 4.98 Å². The van der Waals surface area contributed by atoms with Crippen molar-refractivity contribution in [3.05, 3.63) is 254 Å². The van der Waals surface area contributed by atoms with Crippen molar-refractivity contribution in [2.45, 2.75) is 13.8 Å². The zero-order valence-corrected chi connectivity index (χ0v) is 40.3. The maximum absolute atomic E-state index is 7.02. The lowest BCUT2D eigenvalue weighted by Gasteiger charge is -2.21. The van der Waals surface area contributed by atoms with Gasteiger partial charge in [-0.05, 0) is 154 Å². The van der Waals surface area contributed by atoms with Crippen LogP contribution in [0.25, 0.3) is 133 Å². The summed E-state index contributed by atoms with van der Waals surface area (Å²) in [6.07, 6.45) is 0. The van der Waals surface area contributed by atoms with Crippen LogP contribution in [0.3, 0.4) is 0 Å². The minimum Gasteiger partial charge on any atom is -0.436 e. The first kappa shape index (κ1) is 42.3. The summed E-state index contributed by atoms with van der Waals surface area (Å²) in [5.74, 6) is 0.536. The zero-order chi connectivity index (χ0) is 48.6. The van der Waals surface area contributed by atoms with E-state index in [1.165, 1.54) is 22.3 Å². The smallest absolute Gasteiger partial charge is 0.231 e. The van der Waals surface area contributed by atoms with Crippen LogP contribution in [0.15, 0.2) is 247 Å². The Hall–Kier alpha value is -9.58. The molecule has 0 fully saturated rings. The second kappa shape index (κ2) is 17.1. The van der Waals surface area contributed by atoms with E-state index in [2.05, 4.69) is 241 Å². The van der Waals surface area contributed by atoms with Gasteiger partial charge >= 0.3 is 0 Å². The second-order valence-corrected chi connectivity index (χ2v) is 19.1. The standard InChI is InChI=1S/C68H46N4O/c1-43-35-53(36-44(2)69-43)54-41-64(71-60-31-27-49(45-17-7-3-8-18-45)37-55(60)56-38-50(28-32-61(56)71)46-19-9-4-10-20-46)67(68-70-59-25-15-16-26-66(59)73-68)65(42-54)72-62-33-29-51(47-21-11-5-12-22-47)39-57(62)58-40-52(30-34-63(58)72)48-23-13-6-14-24-48/h3-42H,1-2H3. The fraction of sp³-hybridized carbons (Fsp3) is 0.0294. The quantitative estimate of drug-likeness (QED) is 0.153. The summed E-state index contributed by atoms with van der Waals surface area (Å²) < 4.78 is 11.9. The summed E-state index contributed by atoms with van der Waals surface area (Å²) >= 11 is 0. The van der Waals surface area contributed by atoms with Gasteiger partial charge in [-0.15, -0.1) is 0 Å². The van der Waals surface area contributed by atoms with Gasteiger partial charge in [0.15, 0.2) is 5.58 Å². The molecule has 5 nitrogen and oxygen atoms in total. The molecule has 0 saturated heterocycles. The molecule has 344 valence electrons. The van der Waals surface area contributed by atoms with Crippen molar-refractivity contribution in [2.75, 3.05) is 0 Å². The highest BCUT2D eigenvalue weighted by atomic mass is 16.3. The van der Waals surface area contributed by atoms with Crippen LogP contribution in [-0.4, -0.2) is 19.1 Å². The third-order valence-corrected chi connectivity index (χ3v) is 14.5. The molecule has 0 spiro atoms. The Balaban J connectivity index is 1.15. The average Bonchev–Trinajstić information content (AvgIpc) is 4.13. The van der Waals surface area contributed by atoms with Crippen molar-refractivity contribution in [1.29, 1.82) is 0 Å². The fourth-order valence-electron chi connectivity index (χ4n) is 11.1. The molecule has 4 heterocycles. The Labute approximate surface area is 422 Å². The third kappa shape index (κ3) is 7.24. The van der Waals surface area contributed by atoms with E-state index in [-0.39, 0.29) is 0 Å². The fourth-order valence-corrected chi connectivity index (χ4v) is 11.1. The van der Waals surface area contributed by atoms with Crippen molar-refractivity contribution >= 4 is 54.7 Å². The maximum Gasteiger partial charge on any atom is 0.231 e. The van der Waals surface area contributed by atoms with E-state index in [4.69, 9.17) is 14.4 Å². The summed E-state index contributed by atoms with van der Waals surface area (Å²) in [4.78, 5) is 10.2. The third-order valence-electron chi connectivity index (χ3n) is 14.5. The lowest BCUT2D eigenvalue weighted by Crippen LogP contribution is -2.05. The molecule has 0 aliphatic carbocycles. The van der Waals surface area contributed by atoms with Gasteiger partial charge in [0.05, 0.1) is 39.0 Å². The molecule has 73 heavy (non-hydrogen) atoms. The number of benzene rings is 10. The van der Waals surface area contributed by atoms with E-state index >= 15 is 0 Å². The Morgan fingerprint density at radius 1 is 0.301 bits per heavy atom. The molecule has 0 radical (unpaired) electrons. The molecule has 0 unspecified atom stereocenters. The van der Waals surface area contributed by atoms with Gasteiger partial charge in [0, 0.05) is 32.9 Å². The number of hydrogen-bond donors (Lipinski definition) is 0. The van der Waals surface area contributed by atoms with Crippen molar-refractivity contribution in [3.63, 3.8) is 0 Å². The Morgan fingerprint density at radius 3 is 1.01 bits per heavy atom. The van der Waals surface area contributed by atoms with Crippen molar-refractivity contribution in [3.8, 4) is 78.5 Å². The molecule has 0 aliphatic rings. The number of oxazole rings is 1. The maximum atomic E-state index is 7.02. The number of aromatic nitrogens is 4. The van der Waals surface area contributed by atoms with Crippen LogP contribution in [-0.2, 0) is 0 Å². The van der Waals surface area contributed by atoms with Gasteiger partial charge in [0.1, 0.15) is 5.52 Å². The van der Waals surface area contributed by atoms with Gasteiger partial charge in [-0.2, -0.15) is 0 Å². The highest BCUT2D eigenvalue weighted by Crippen LogP contribution is 2.47. The highest BCUT2D eigenvalue weighted by molar-refractivity contribution is 6.14. The van der Waals surface area contributed by atoms with Crippen LogP contribution >= 0.6 is 0 Å². The van der Waals surface area contributed by atoms with Crippen LogP contribution in [0.1, 0.15) is 11.4 Å². The van der Waals surface area contributed by atoms with E-state index in [1.807, 2.05) is 24.3 Å². The van der Waals surface area contributed by atoms with Gasteiger partial charge < -0.3 is 13.6 Å². The molecule has 10 aromatic carbocycles. The number of hydrogen-bond acceptors (Lipinski definition) is 3. The normalized spacial score (nSPS) is 11.7. The first-order valence-corrected chi connectivity index (χ1v) is 24.9. The lowest BCUT2D eigenvalue weighted by atomic mass is 9.98. The van der Waals surface area contributed by atoms with Gasteiger partial charge in [-0.1, -0.05) is 158 Å². The zero-order valence-electron chi connectivity index (χ0n) is 40.3. The molecule has 14 aromatic rings. The number of rotatable bonds is 8. The molecule has 0 aliphatic heterocycles. The molecule has 5 heteroatoms. The Kier molecular flexibility index (Phi) is 9.90. The van der Waals surface area contributed by atoms with Crippen LogP contribution in [0, 0.1) is 13.8 Å². The van der Waals surface area contributed by atoms with Crippen LogP contribution in [0.4, 0.5) is 0 Å². The first-order valence-electron chi connectivity index (χ1n) is 24.9. The monoisotopic (exact) mass is 934 g/mol. The van der Waals surface area contributed by atoms with Gasteiger partial charge in [0.25, 0.3) is 0 Å². The number of aryl methyl sites for hydroxylation is 2. The predicted molar refractivity (Wildman–Crippen MR) is 303 cm³/mol. The van der Waals surface area contributed by atoms with Gasteiger partial charge in [-0.25, -0.2) is 4.98 Å². The number of nitrogens with zero attached hydrogens (tertiary/aromatic N) is 4. The molecule has 0 atom stereocenters. The molecular formula is C68H46N4O. The Morgan fingerprint density at radius 2 is 0.644 bits per heavy atom. The molecule has 0 amide bonds. The SMILES string of the molecule is Cc1cc(-c2cc(-n3c4ccc(-c5ccccc5)cc4c4cc(-c5ccccc5)ccc43)c(-c3nc4ccccc4o3)c(-n3c4ccc(-c5ccccc5)cc4c4cc(-c5ccccc5)ccc43)c2)cc(C)n1. The Bertz CT molecular complexity index is 3960. The lowest BCUT2D eigenvalue weighted by molar-refractivity contribution is 0.619.